The summed E-state index contributed by atoms with van der Waals surface area (Å²) in [5, 5.41) is 0. The average Bonchev–Trinajstić information content (AvgIpc) is 3.02. The Labute approximate surface area is 161 Å². The van der Waals surface area contributed by atoms with E-state index in [1.165, 1.54) is 5.71 Å². The molecular formula is C23H36N2Si. The van der Waals surface area contributed by atoms with Gasteiger partial charge in [-0.15, -0.1) is 5.54 Å². The number of aliphatic imine (C=N–C) groups is 1. The van der Waals surface area contributed by atoms with E-state index in [1.807, 2.05) is 6.20 Å². The molecule has 26 heavy (non-hydrogen) atoms. The van der Waals surface area contributed by atoms with E-state index in [2.05, 4.69) is 90.9 Å². The van der Waals surface area contributed by atoms with Crippen molar-refractivity contribution in [2.24, 2.45) is 10.4 Å². The van der Waals surface area contributed by atoms with E-state index in [-0.39, 0.29) is 5.41 Å². The first kappa shape index (κ1) is 20.8. The minimum atomic E-state index is -1.68. The zero-order chi connectivity index (χ0) is 19.7. The fourth-order valence-electron chi connectivity index (χ4n) is 4.68. The molecular weight excluding hydrogens is 332 g/mol. The molecule has 0 aliphatic carbocycles. The molecule has 0 aromatic carbocycles. The van der Waals surface area contributed by atoms with Crippen LogP contribution in [-0.2, 0) is 0 Å². The molecule has 1 aliphatic rings. The molecule has 0 spiro atoms. The molecule has 1 N–H and O–H groups in total. The summed E-state index contributed by atoms with van der Waals surface area (Å²) in [5.74, 6) is 3.52. The third-order valence-electron chi connectivity index (χ3n) is 5.99. The number of rotatable bonds is 4. The van der Waals surface area contributed by atoms with Crippen molar-refractivity contribution in [3.05, 3.63) is 29.2 Å². The quantitative estimate of drug-likeness (QED) is 0.446. The highest BCUT2D eigenvalue weighted by molar-refractivity contribution is 6.90. The smallest absolute Gasteiger partial charge is 0.146 e. The number of aromatic amines is 1. The molecule has 1 aromatic heterocycles. The first-order valence-electron chi connectivity index (χ1n) is 9.97. The highest BCUT2D eigenvalue weighted by Crippen LogP contribution is 2.41. The molecule has 2 nitrogen and oxygen atoms in total. The van der Waals surface area contributed by atoms with Crippen molar-refractivity contribution >= 4 is 19.9 Å². The lowest BCUT2D eigenvalue weighted by Gasteiger charge is -2.38. The second kappa shape index (κ2) is 7.60. The fourth-order valence-corrected chi connectivity index (χ4v) is 9.91. The molecule has 0 saturated heterocycles. The maximum Gasteiger partial charge on any atom is 0.146 e. The van der Waals surface area contributed by atoms with Crippen LogP contribution in [0.5, 0.6) is 0 Å². The standard InChI is InChI=1S/C23H36N2Si/c1-16(2)26(17(3)4,18(5)6)11-10-20-12-21(24-15-20)13-22-23(8,9)14-19(7)25-22/h12-13,15-18,24H,14H2,1-9H3/b22-13-. The molecule has 0 fully saturated rings. The Morgan fingerprint density at radius 3 is 2.15 bits per heavy atom. The Balaban J connectivity index is 2.33. The van der Waals surface area contributed by atoms with Gasteiger partial charge in [0.05, 0.1) is 0 Å². The third kappa shape index (κ3) is 4.07. The van der Waals surface area contributed by atoms with Gasteiger partial charge in [-0.25, -0.2) is 0 Å². The SMILES string of the molecule is CC1=N/C(=C\c2cc(C#C[Si](C(C)C)(C(C)C)C(C)C)c[nH]2)C(C)(C)C1. The molecule has 0 bridgehead atoms. The highest BCUT2D eigenvalue weighted by Gasteiger charge is 2.41. The number of aromatic nitrogens is 1. The van der Waals surface area contributed by atoms with Crippen LogP contribution in [0, 0.1) is 16.9 Å². The van der Waals surface area contributed by atoms with E-state index in [4.69, 9.17) is 4.99 Å². The van der Waals surface area contributed by atoms with Gasteiger partial charge < -0.3 is 4.98 Å². The van der Waals surface area contributed by atoms with Gasteiger partial charge >= 0.3 is 0 Å². The van der Waals surface area contributed by atoms with Crippen LogP contribution in [0.25, 0.3) is 6.08 Å². The molecule has 3 heteroatoms. The molecule has 142 valence electrons. The van der Waals surface area contributed by atoms with Crippen molar-refractivity contribution in [3.63, 3.8) is 0 Å². The van der Waals surface area contributed by atoms with Gasteiger partial charge in [0, 0.05) is 34.3 Å². The van der Waals surface area contributed by atoms with Gasteiger partial charge in [-0.2, -0.15) is 0 Å². The van der Waals surface area contributed by atoms with Crippen molar-refractivity contribution in [2.45, 2.75) is 85.4 Å². The zero-order valence-corrected chi connectivity index (χ0v) is 19.1. The van der Waals surface area contributed by atoms with Crippen LogP contribution in [0.4, 0.5) is 0 Å². The fraction of sp³-hybridized carbons (Fsp3) is 0.609. The van der Waals surface area contributed by atoms with Gasteiger partial charge in [0.1, 0.15) is 8.07 Å². The van der Waals surface area contributed by atoms with Crippen LogP contribution < -0.4 is 0 Å². The van der Waals surface area contributed by atoms with Crippen LogP contribution in [0.2, 0.25) is 16.6 Å². The summed E-state index contributed by atoms with van der Waals surface area (Å²) in [6, 6.07) is 2.17. The van der Waals surface area contributed by atoms with Crippen LogP contribution in [-0.4, -0.2) is 18.8 Å². The largest absolute Gasteiger partial charge is 0.360 e. The summed E-state index contributed by atoms with van der Waals surface area (Å²) >= 11 is 0. The minimum Gasteiger partial charge on any atom is -0.360 e. The van der Waals surface area contributed by atoms with Gasteiger partial charge in [-0.05, 0) is 42.1 Å². The topological polar surface area (TPSA) is 28.1 Å². The van der Waals surface area contributed by atoms with Crippen molar-refractivity contribution in [1.29, 1.82) is 0 Å². The Hall–Kier alpha value is -1.53. The molecule has 0 saturated carbocycles. The second-order valence-electron chi connectivity index (χ2n) is 9.43. The summed E-state index contributed by atoms with van der Waals surface area (Å²) in [6.45, 7) is 20.8. The van der Waals surface area contributed by atoms with Crippen LogP contribution >= 0.6 is 0 Å². The van der Waals surface area contributed by atoms with E-state index in [0.717, 1.165) is 23.4 Å². The Morgan fingerprint density at radius 1 is 1.12 bits per heavy atom. The number of nitrogens with zero attached hydrogens (tertiary/aromatic N) is 1. The zero-order valence-electron chi connectivity index (χ0n) is 18.1. The van der Waals surface area contributed by atoms with Gasteiger partial charge in [0.25, 0.3) is 0 Å². The predicted molar refractivity (Wildman–Crippen MR) is 118 cm³/mol. The molecule has 2 rings (SSSR count). The molecule has 1 aromatic rings. The van der Waals surface area contributed by atoms with Crippen LogP contribution in [0.15, 0.2) is 23.0 Å². The monoisotopic (exact) mass is 368 g/mol. The second-order valence-corrected chi connectivity index (χ2v) is 15.0. The van der Waals surface area contributed by atoms with E-state index in [9.17, 15) is 0 Å². The minimum absolute atomic E-state index is 0.121. The summed E-state index contributed by atoms with van der Waals surface area (Å²) in [7, 11) is -1.68. The van der Waals surface area contributed by atoms with Crippen LogP contribution in [0.3, 0.4) is 0 Å². The summed E-state index contributed by atoms with van der Waals surface area (Å²) in [4.78, 5) is 8.11. The van der Waals surface area contributed by atoms with Crippen molar-refractivity contribution in [3.8, 4) is 11.5 Å². The van der Waals surface area contributed by atoms with Gasteiger partial charge in [0.2, 0.25) is 0 Å². The molecule has 0 unspecified atom stereocenters. The summed E-state index contributed by atoms with van der Waals surface area (Å²) in [5.41, 5.74) is 10.5. The Morgan fingerprint density at radius 2 is 1.69 bits per heavy atom. The maximum absolute atomic E-state index is 4.73. The molecule has 0 radical (unpaired) electrons. The lowest BCUT2D eigenvalue weighted by molar-refractivity contribution is 0.488. The maximum atomic E-state index is 4.73. The normalized spacial score (nSPS) is 18.6. The molecule has 0 amide bonds. The predicted octanol–water partition coefficient (Wildman–Crippen LogP) is 6.82. The van der Waals surface area contributed by atoms with Crippen molar-refractivity contribution in [1.82, 2.24) is 4.98 Å². The van der Waals surface area contributed by atoms with Crippen LogP contribution in [0.1, 0.15) is 80.0 Å². The molecule has 2 heterocycles. The molecule has 1 aliphatic heterocycles. The lowest BCUT2D eigenvalue weighted by atomic mass is 9.86. The highest BCUT2D eigenvalue weighted by atomic mass is 28.3. The van der Waals surface area contributed by atoms with E-state index >= 15 is 0 Å². The number of hydrogen-bond donors (Lipinski definition) is 1. The van der Waals surface area contributed by atoms with Crippen molar-refractivity contribution < 1.29 is 0 Å². The first-order valence-corrected chi connectivity index (χ1v) is 12.2. The Bertz CT molecular complexity index is 742. The van der Waals surface area contributed by atoms with Gasteiger partial charge in [0.15, 0.2) is 0 Å². The third-order valence-corrected chi connectivity index (χ3v) is 12.3. The lowest BCUT2D eigenvalue weighted by Crippen LogP contribution is -2.43. The summed E-state index contributed by atoms with van der Waals surface area (Å²) < 4.78 is 0. The van der Waals surface area contributed by atoms with E-state index in [1.54, 1.807) is 0 Å². The summed E-state index contributed by atoms with van der Waals surface area (Å²) in [6.07, 6.45) is 5.26. The molecule has 0 atom stereocenters. The van der Waals surface area contributed by atoms with Crippen molar-refractivity contribution in [2.75, 3.05) is 0 Å². The number of nitrogens with one attached hydrogen (secondary N) is 1. The Kier molecular flexibility index (Phi) is 6.08. The number of hydrogen-bond acceptors (Lipinski definition) is 1. The number of allylic oxidation sites excluding steroid dienone is 1. The van der Waals surface area contributed by atoms with Gasteiger partial charge in [-0.3, -0.25) is 4.99 Å². The van der Waals surface area contributed by atoms with Gasteiger partial charge in [-0.1, -0.05) is 61.3 Å². The van der Waals surface area contributed by atoms with E-state index in [0.29, 0.717) is 16.6 Å². The average molecular weight is 369 g/mol. The first-order chi connectivity index (χ1) is 12.0. The number of H-pyrrole nitrogens is 1. The van der Waals surface area contributed by atoms with E-state index < -0.39 is 8.07 Å².